The van der Waals surface area contributed by atoms with Crippen LogP contribution in [0.3, 0.4) is 0 Å². The number of nitrogens with zero attached hydrogens (tertiary/aromatic N) is 1. The van der Waals surface area contributed by atoms with Gasteiger partial charge in [0.1, 0.15) is 0 Å². The number of H-pyrrole nitrogens is 1. The third-order valence-electron chi connectivity index (χ3n) is 4.79. The molecule has 0 amide bonds. The minimum Gasteiger partial charge on any atom is -0.396 e. The second-order valence-electron chi connectivity index (χ2n) is 6.07. The van der Waals surface area contributed by atoms with Crippen molar-refractivity contribution < 1.29 is 5.11 Å². The Labute approximate surface area is 124 Å². The number of aromatic nitrogens is 1. The van der Waals surface area contributed by atoms with Crippen LogP contribution in [0.25, 0.3) is 16.5 Å². The Bertz CT molecular complexity index is 728. The van der Waals surface area contributed by atoms with Crippen LogP contribution in [-0.4, -0.2) is 40.7 Å². The fraction of sp³-hybridized carbons (Fsp3) is 0.333. The topological polar surface area (TPSA) is 39.3 Å². The number of nitrogens with one attached hydrogen (secondary N) is 1. The molecular weight excluding hydrogens is 260 g/mol. The van der Waals surface area contributed by atoms with Gasteiger partial charge in [0, 0.05) is 42.1 Å². The zero-order chi connectivity index (χ0) is 14.4. The Hall–Kier alpha value is -1.84. The van der Waals surface area contributed by atoms with Crippen molar-refractivity contribution in [2.45, 2.75) is 12.5 Å². The quantitative estimate of drug-likeness (QED) is 0.848. The Morgan fingerprint density at radius 3 is 3.14 bits per heavy atom. The summed E-state index contributed by atoms with van der Waals surface area (Å²) in [6.07, 6.45) is 7.43. The number of fused-ring (bicyclic) bond motifs is 2. The summed E-state index contributed by atoms with van der Waals surface area (Å²) >= 11 is 0. The first-order chi connectivity index (χ1) is 10.3. The van der Waals surface area contributed by atoms with E-state index in [2.05, 4.69) is 46.9 Å². The molecule has 2 unspecified atom stereocenters. The zero-order valence-corrected chi connectivity index (χ0v) is 12.0. The fourth-order valence-electron chi connectivity index (χ4n) is 3.89. The normalized spacial score (nSPS) is 24.7. The minimum atomic E-state index is 0.208. The lowest BCUT2D eigenvalue weighted by Gasteiger charge is -2.41. The molecule has 2 aromatic rings. The van der Waals surface area contributed by atoms with Crippen LogP contribution in [-0.2, 0) is 6.42 Å². The fourth-order valence-corrected chi connectivity index (χ4v) is 3.89. The number of rotatable bonds is 3. The maximum atomic E-state index is 9.61. The molecule has 2 N–H and O–H groups in total. The number of aliphatic hydroxyl groups is 1. The van der Waals surface area contributed by atoms with Crippen molar-refractivity contribution in [2.24, 2.45) is 5.92 Å². The van der Waals surface area contributed by atoms with Gasteiger partial charge in [-0.3, -0.25) is 4.90 Å². The lowest BCUT2D eigenvalue weighted by molar-refractivity contribution is 0.169. The molecule has 2 atom stereocenters. The highest BCUT2D eigenvalue weighted by Crippen LogP contribution is 2.41. The molecule has 3 heteroatoms. The second kappa shape index (κ2) is 4.86. The smallest absolute Gasteiger partial charge is 0.0506 e. The summed E-state index contributed by atoms with van der Waals surface area (Å²) < 4.78 is 0. The van der Waals surface area contributed by atoms with Gasteiger partial charge in [-0.05, 0) is 29.2 Å². The average molecular weight is 280 g/mol. The van der Waals surface area contributed by atoms with Gasteiger partial charge in [0.25, 0.3) is 0 Å². The van der Waals surface area contributed by atoms with Crippen molar-refractivity contribution in [2.75, 3.05) is 19.7 Å². The van der Waals surface area contributed by atoms with Crippen molar-refractivity contribution in [3.8, 4) is 0 Å². The number of aliphatic hydroxyl groups excluding tert-OH is 1. The first kappa shape index (κ1) is 12.9. The highest BCUT2D eigenvalue weighted by atomic mass is 16.3. The van der Waals surface area contributed by atoms with E-state index >= 15 is 0 Å². The van der Waals surface area contributed by atoms with E-state index in [1.807, 2.05) is 6.08 Å². The van der Waals surface area contributed by atoms with E-state index < -0.39 is 0 Å². The Kier molecular flexibility index (Phi) is 2.98. The molecule has 108 valence electrons. The standard InChI is InChI=1S/C18H20N2O/c1-2-6-20-10-12(11-21)7-15-14-4-3-5-16-18(14)13(9-19-16)8-17(15)20/h2-5,7,9,12,17,19,21H,1,6,8,10-11H2. The molecule has 1 aromatic carbocycles. The summed E-state index contributed by atoms with van der Waals surface area (Å²) in [6.45, 7) is 5.87. The molecule has 0 fully saturated rings. The van der Waals surface area contributed by atoms with Gasteiger partial charge in [0.15, 0.2) is 0 Å². The van der Waals surface area contributed by atoms with E-state index in [0.29, 0.717) is 6.04 Å². The minimum absolute atomic E-state index is 0.208. The molecule has 1 aliphatic heterocycles. The molecule has 3 nitrogen and oxygen atoms in total. The van der Waals surface area contributed by atoms with Gasteiger partial charge in [0.2, 0.25) is 0 Å². The maximum absolute atomic E-state index is 9.61. The highest BCUT2D eigenvalue weighted by Gasteiger charge is 2.34. The summed E-state index contributed by atoms with van der Waals surface area (Å²) in [4.78, 5) is 5.83. The van der Waals surface area contributed by atoms with Gasteiger partial charge in [-0.2, -0.15) is 0 Å². The summed E-state index contributed by atoms with van der Waals surface area (Å²) in [7, 11) is 0. The maximum Gasteiger partial charge on any atom is 0.0506 e. The first-order valence-electron chi connectivity index (χ1n) is 7.58. The van der Waals surface area contributed by atoms with Crippen LogP contribution in [0.2, 0.25) is 0 Å². The Morgan fingerprint density at radius 1 is 1.43 bits per heavy atom. The molecule has 1 aliphatic carbocycles. The van der Waals surface area contributed by atoms with Crippen LogP contribution in [0.1, 0.15) is 11.1 Å². The lowest BCUT2D eigenvalue weighted by Crippen LogP contribution is -2.45. The first-order valence-corrected chi connectivity index (χ1v) is 7.58. The van der Waals surface area contributed by atoms with Gasteiger partial charge in [-0.25, -0.2) is 0 Å². The highest BCUT2D eigenvalue weighted by molar-refractivity contribution is 5.98. The van der Waals surface area contributed by atoms with Crippen molar-refractivity contribution in [1.82, 2.24) is 9.88 Å². The van der Waals surface area contributed by atoms with E-state index in [1.165, 1.54) is 27.6 Å². The molecule has 21 heavy (non-hydrogen) atoms. The molecule has 2 aliphatic rings. The van der Waals surface area contributed by atoms with Crippen LogP contribution >= 0.6 is 0 Å². The van der Waals surface area contributed by atoms with E-state index in [0.717, 1.165) is 19.5 Å². The molecular formula is C18H20N2O. The molecule has 0 radical (unpaired) electrons. The largest absolute Gasteiger partial charge is 0.396 e. The third-order valence-corrected chi connectivity index (χ3v) is 4.79. The number of hydrogen-bond acceptors (Lipinski definition) is 2. The van der Waals surface area contributed by atoms with Gasteiger partial charge in [-0.1, -0.05) is 24.3 Å². The van der Waals surface area contributed by atoms with Crippen molar-refractivity contribution in [3.05, 3.63) is 54.3 Å². The number of benzene rings is 1. The third kappa shape index (κ3) is 1.88. The van der Waals surface area contributed by atoms with Gasteiger partial charge < -0.3 is 10.1 Å². The predicted octanol–water partition coefficient (Wildman–Crippen LogP) is 2.59. The molecule has 0 spiro atoms. The van der Waals surface area contributed by atoms with E-state index in [4.69, 9.17) is 0 Å². The van der Waals surface area contributed by atoms with Crippen molar-refractivity contribution in [1.29, 1.82) is 0 Å². The molecule has 0 bridgehead atoms. The molecule has 0 saturated carbocycles. The molecule has 0 saturated heterocycles. The van der Waals surface area contributed by atoms with Gasteiger partial charge in [0.05, 0.1) is 6.61 Å². The van der Waals surface area contributed by atoms with Crippen LogP contribution in [0.5, 0.6) is 0 Å². The summed E-state index contributed by atoms with van der Waals surface area (Å²) in [5, 5.41) is 11.0. The van der Waals surface area contributed by atoms with Gasteiger partial charge >= 0.3 is 0 Å². The van der Waals surface area contributed by atoms with Gasteiger partial charge in [-0.15, -0.1) is 6.58 Å². The van der Waals surface area contributed by atoms with Crippen LogP contribution in [0.15, 0.2) is 43.1 Å². The second-order valence-corrected chi connectivity index (χ2v) is 6.07. The SMILES string of the molecule is C=CCN1CC(CO)C=C2c3cccc4[nH]cc(c34)CC21. The van der Waals surface area contributed by atoms with E-state index in [-0.39, 0.29) is 12.5 Å². The monoisotopic (exact) mass is 280 g/mol. The number of hydrogen-bond donors (Lipinski definition) is 2. The zero-order valence-electron chi connectivity index (χ0n) is 12.0. The lowest BCUT2D eigenvalue weighted by atomic mass is 9.80. The molecule has 2 heterocycles. The van der Waals surface area contributed by atoms with Crippen LogP contribution in [0, 0.1) is 5.92 Å². The molecule has 1 aromatic heterocycles. The number of aromatic amines is 1. The molecule has 4 rings (SSSR count). The summed E-state index contributed by atoms with van der Waals surface area (Å²) in [6, 6.07) is 6.86. The Balaban J connectivity index is 1.89. The van der Waals surface area contributed by atoms with Crippen LogP contribution < -0.4 is 0 Å². The van der Waals surface area contributed by atoms with E-state index in [1.54, 1.807) is 0 Å². The summed E-state index contributed by atoms with van der Waals surface area (Å²) in [5.41, 5.74) is 5.31. The van der Waals surface area contributed by atoms with Crippen molar-refractivity contribution >= 4 is 16.5 Å². The van der Waals surface area contributed by atoms with Crippen LogP contribution in [0.4, 0.5) is 0 Å². The average Bonchev–Trinajstić information content (AvgIpc) is 2.93. The summed E-state index contributed by atoms with van der Waals surface area (Å²) in [5.74, 6) is 0.215. The predicted molar refractivity (Wildman–Crippen MR) is 86.1 cm³/mol. The Morgan fingerprint density at radius 2 is 2.33 bits per heavy atom. The van der Waals surface area contributed by atoms with E-state index in [9.17, 15) is 5.11 Å². The van der Waals surface area contributed by atoms with Crippen molar-refractivity contribution in [3.63, 3.8) is 0 Å².